The Labute approximate surface area is 85.8 Å². The van der Waals surface area contributed by atoms with Gasteiger partial charge in [0.2, 0.25) is 0 Å². The number of hydrogen-bond donors (Lipinski definition) is 2. The number of nitrogens with zero attached hydrogens (tertiary/aromatic N) is 1. The normalized spacial score (nSPS) is 18.6. The molecule has 13 heavy (non-hydrogen) atoms. The third-order valence-electron chi connectivity index (χ3n) is 2.34. The van der Waals surface area contributed by atoms with Crippen LogP contribution >= 0.6 is 15.9 Å². The van der Waals surface area contributed by atoms with Gasteiger partial charge in [0.15, 0.2) is 0 Å². The van der Waals surface area contributed by atoms with Crippen molar-refractivity contribution in [3.63, 3.8) is 0 Å². The van der Waals surface area contributed by atoms with E-state index in [-0.39, 0.29) is 6.04 Å². The summed E-state index contributed by atoms with van der Waals surface area (Å²) < 4.78 is 1.00. The Morgan fingerprint density at radius 1 is 1.54 bits per heavy atom. The van der Waals surface area contributed by atoms with E-state index in [1.54, 1.807) is 0 Å². The molecule has 4 heteroatoms. The molecule has 1 aliphatic carbocycles. The molecule has 1 unspecified atom stereocenters. The maximum Gasteiger partial charge on any atom is 0.0660 e. The molecule has 0 radical (unpaired) electrons. The molecule has 3 N–H and O–H groups in total. The highest BCUT2D eigenvalue weighted by Gasteiger charge is 2.32. The number of halogens is 1. The van der Waals surface area contributed by atoms with Crippen LogP contribution in [-0.4, -0.2) is 4.98 Å². The van der Waals surface area contributed by atoms with Gasteiger partial charge in [-0.2, -0.15) is 0 Å². The summed E-state index contributed by atoms with van der Waals surface area (Å²) in [5, 5.41) is 0. The van der Waals surface area contributed by atoms with E-state index in [0.29, 0.717) is 5.92 Å². The zero-order valence-corrected chi connectivity index (χ0v) is 8.79. The number of nitrogens with one attached hydrogen (secondary N) is 1. The van der Waals surface area contributed by atoms with Crippen LogP contribution in [0.1, 0.15) is 24.6 Å². The van der Waals surface area contributed by atoms with Crippen molar-refractivity contribution in [1.82, 2.24) is 10.4 Å². The second kappa shape index (κ2) is 3.74. The van der Waals surface area contributed by atoms with E-state index in [2.05, 4.69) is 26.3 Å². The third-order valence-corrected chi connectivity index (χ3v) is 2.81. The standard InChI is InChI=1S/C9H12BrN3/c10-7-3-4-8(12-5-7)9(13-11)6-1-2-6/h3-6,9,13H,1-2,11H2. The third kappa shape index (κ3) is 2.07. The van der Waals surface area contributed by atoms with Gasteiger partial charge in [-0.3, -0.25) is 16.3 Å². The molecule has 3 nitrogen and oxygen atoms in total. The molecule has 1 aliphatic rings. The van der Waals surface area contributed by atoms with Crippen LogP contribution < -0.4 is 11.3 Å². The second-order valence-electron chi connectivity index (χ2n) is 3.38. The van der Waals surface area contributed by atoms with Gasteiger partial charge in [0.1, 0.15) is 0 Å². The summed E-state index contributed by atoms with van der Waals surface area (Å²) in [5.74, 6) is 6.16. The van der Waals surface area contributed by atoms with Crippen molar-refractivity contribution in [3.8, 4) is 0 Å². The van der Waals surface area contributed by atoms with E-state index in [9.17, 15) is 0 Å². The predicted octanol–water partition coefficient (Wildman–Crippen LogP) is 1.76. The van der Waals surface area contributed by atoms with Crippen LogP contribution in [0.5, 0.6) is 0 Å². The van der Waals surface area contributed by atoms with Crippen molar-refractivity contribution in [2.75, 3.05) is 0 Å². The van der Waals surface area contributed by atoms with Crippen LogP contribution in [0.4, 0.5) is 0 Å². The summed E-state index contributed by atoms with van der Waals surface area (Å²) in [6.07, 6.45) is 4.32. The Morgan fingerprint density at radius 2 is 2.31 bits per heavy atom. The fourth-order valence-corrected chi connectivity index (χ4v) is 1.70. The van der Waals surface area contributed by atoms with Gasteiger partial charge in [0, 0.05) is 10.7 Å². The average Bonchev–Trinajstić information content (AvgIpc) is 2.93. The highest BCUT2D eigenvalue weighted by Crippen LogP contribution is 2.39. The summed E-state index contributed by atoms with van der Waals surface area (Å²) in [6, 6.07) is 4.23. The summed E-state index contributed by atoms with van der Waals surface area (Å²) in [7, 11) is 0. The molecule has 0 spiro atoms. The number of aromatic nitrogens is 1. The lowest BCUT2D eigenvalue weighted by Gasteiger charge is -2.13. The lowest BCUT2D eigenvalue weighted by atomic mass is 10.1. The van der Waals surface area contributed by atoms with Crippen LogP contribution in [0.15, 0.2) is 22.8 Å². The summed E-state index contributed by atoms with van der Waals surface area (Å²) in [4.78, 5) is 4.32. The van der Waals surface area contributed by atoms with E-state index in [1.807, 2.05) is 18.3 Å². The molecule has 0 aliphatic heterocycles. The molecule has 1 fully saturated rings. The second-order valence-corrected chi connectivity index (χ2v) is 4.30. The Morgan fingerprint density at radius 3 is 2.77 bits per heavy atom. The zero-order chi connectivity index (χ0) is 9.26. The maximum absolute atomic E-state index is 5.48. The number of pyridine rings is 1. The van der Waals surface area contributed by atoms with E-state index < -0.39 is 0 Å². The van der Waals surface area contributed by atoms with Gasteiger partial charge in [-0.05, 0) is 46.8 Å². The van der Waals surface area contributed by atoms with Crippen LogP contribution in [-0.2, 0) is 0 Å². The molecule has 1 saturated carbocycles. The SMILES string of the molecule is NNC(c1ccc(Br)cn1)C1CC1. The minimum atomic E-state index is 0.230. The molecule has 2 rings (SSSR count). The van der Waals surface area contributed by atoms with Crippen molar-refractivity contribution in [2.24, 2.45) is 11.8 Å². The molecule has 0 amide bonds. The summed E-state index contributed by atoms with van der Waals surface area (Å²) >= 11 is 3.35. The average molecular weight is 242 g/mol. The van der Waals surface area contributed by atoms with Crippen molar-refractivity contribution < 1.29 is 0 Å². The number of nitrogens with two attached hydrogens (primary N) is 1. The fourth-order valence-electron chi connectivity index (χ4n) is 1.46. The smallest absolute Gasteiger partial charge is 0.0660 e. The summed E-state index contributed by atoms with van der Waals surface area (Å²) in [5.41, 5.74) is 3.86. The maximum atomic E-state index is 5.48. The summed E-state index contributed by atoms with van der Waals surface area (Å²) in [6.45, 7) is 0. The van der Waals surface area contributed by atoms with Crippen molar-refractivity contribution in [3.05, 3.63) is 28.5 Å². The Hall–Kier alpha value is -0.450. The van der Waals surface area contributed by atoms with Crippen LogP contribution in [0.25, 0.3) is 0 Å². The molecule has 70 valence electrons. The molecule has 0 bridgehead atoms. The molecular weight excluding hydrogens is 230 g/mol. The van der Waals surface area contributed by atoms with Crippen LogP contribution in [0.2, 0.25) is 0 Å². The Bertz CT molecular complexity index is 281. The molecule has 1 heterocycles. The van der Waals surface area contributed by atoms with Crippen molar-refractivity contribution >= 4 is 15.9 Å². The fraction of sp³-hybridized carbons (Fsp3) is 0.444. The van der Waals surface area contributed by atoms with Crippen molar-refractivity contribution in [2.45, 2.75) is 18.9 Å². The number of rotatable bonds is 3. The van der Waals surface area contributed by atoms with Crippen LogP contribution in [0, 0.1) is 5.92 Å². The first-order valence-corrected chi connectivity index (χ1v) is 5.18. The lowest BCUT2D eigenvalue weighted by Crippen LogP contribution is -2.30. The van der Waals surface area contributed by atoms with Gasteiger partial charge in [-0.1, -0.05) is 0 Å². The molecule has 1 aromatic rings. The first-order valence-electron chi connectivity index (χ1n) is 4.39. The first-order chi connectivity index (χ1) is 6.31. The van der Waals surface area contributed by atoms with Gasteiger partial charge in [0.05, 0.1) is 11.7 Å². The van der Waals surface area contributed by atoms with Gasteiger partial charge in [0.25, 0.3) is 0 Å². The topological polar surface area (TPSA) is 50.9 Å². The molecule has 0 saturated heterocycles. The van der Waals surface area contributed by atoms with Gasteiger partial charge in [-0.25, -0.2) is 0 Å². The molecule has 1 atom stereocenters. The minimum absolute atomic E-state index is 0.230. The van der Waals surface area contributed by atoms with Crippen LogP contribution in [0.3, 0.4) is 0 Å². The predicted molar refractivity (Wildman–Crippen MR) is 54.7 cm³/mol. The Kier molecular flexibility index (Phi) is 2.62. The van der Waals surface area contributed by atoms with Gasteiger partial charge >= 0.3 is 0 Å². The first kappa shape index (κ1) is 9.12. The van der Waals surface area contributed by atoms with E-state index in [0.717, 1.165) is 10.2 Å². The highest BCUT2D eigenvalue weighted by molar-refractivity contribution is 9.10. The lowest BCUT2D eigenvalue weighted by molar-refractivity contribution is 0.485. The monoisotopic (exact) mass is 241 g/mol. The molecular formula is C9H12BrN3. The van der Waals surface area contributed by atoms with Gasteiger partial charge < -0.3 is 0 Å². The largest absolute Gasteiger partial charge is 0.271 e. The number of hydrazine groups is 1. The van der Waals surface area contributed by atoms with Crippen molar-refractivity contribution in [1.29, 1.82) is 0 Å². The van der Waals surface area contributed by atoms with E-state index in [4.69, 9.17) is 5.84 Å². The van der Waals surface area contributed by atoms with E-state index >= 15 is 0 Å². The number of hydrogen-bond acceptors (Lipinski definition) is 3. The molecule has 0 aromatic carbocycles. The van der Waals surface area contributed by atoms with E-state index in [1.165, 1.54) is 12.8 Å². The zero-order valence-electron chi connectivity index (χ0n) is 7.20. The van der Waals surface area contributed by atoms with Gasteiger partial charge in [-0.15, -0.1) is 0 Å². The molecule has 1 aromatic heterocycles. The highest BCUT2D eigenvalue weighted by atomic mass is 79.9. The minimum Gasteiger partial charge on any atom is -0.271 e. The quantitative estimate of drug-likeness (QED) is 0.627. The Balaban J connectivity index is 2.17.